The zero-order valence-corrected chi connectivity index (χ0v) is 14.9. The molecule has 2 heterocycles. The number of nitriles is 1. The number of anilines is 1. The Bertz CT molecular complexity index is 755. The smallest absolute Gasteiger partial charge is 0.323 e. The Balaban J connectivity index is 1.80. The molecular formula is C18H24N4O3. The number of carboxylic acids is 1. The molecule has 1 aromatic rings. The van der Waals surface area contributed by atoms with Gasteiger partial charge in [-0.3, -0.25) is 10.1 Å². The summed E-state index contributed by atoms with van der Waals surface area (Å²) in [6, 6.07) is 3.44. The molecule has 2 atom stereocenters. The van der Waals surface area contributed by atoms with Crippen LogP contribution in [0.4, 0.5) is 10.6 Å². The van der Waals surface area contributed by atoms with Gasteiger partial charge in [-0.1, -0.05) is 6.42 Å². The molecule has 3 rings (SSSR count). The quantitative estimate of drug-likeness (QED) is 0.862. The highest BCUT2D eigenvalue weighted by Crippen LogP contribution is 2.49. The molecule has 0 bridgehead atoms. The maximum absolute atomic E-state index is 12.7. The Morgan fingerprint density at radius 2 is 2.16 bits per heavy atom. The number of urea groups is 1. The topological polar surface area (TPSA) is 98.4 Å². The van der Waals surface area contributed by atoms with Gasteiger partial charge in [0.15, 0.2) is 0 Å². The van der Waals surface area contributed by atoms with E-state index in [0.717, 1.165) is 12.8 Å². The fraction of sp³-hybridized carbons (Fsp3) is 0.611. The van der Waals surface area contributed by atoms with Gasteiger partial charge in [-0.05, 0) is 45.6 Å². The summed E-state index contributed by atoms with van der Waals surface area (Å²) in [6.07, 6.45) is 4.11. The molecule has 1 aliphatic heterocycles. The number of amides is 2. The lowest BCUT2D eigenvalue weighted by atomic mass is 9.81. The van der Waals surface area contributed by atoms with Crippen LogP contribution >= 0.6 is 0 Å². The van der Waals surface area contributed by atoms with Crippen LogP contribution in [0, 0.1) is 22.7 Å². The molecule has 7 nitrogen and oxygen atoms in total. The fourth-order valence-electron chi connectivity index (χ4n) is 4.16. The van der Waals surface area contributed by atoms with Crippen molar-refractivity contribution in [3.8, 4) is 6.07 Å². The summed E-state index contributed by atoms with van der Waals surface area (Å²) in [5.41, 5.74) is -0.603. The van der Waals surface area contributed by atoms with Crippen LogP contribution in [0.15, 0.2) is 12.3 Å². The van der Waals surface area contributed by atoms with Crippen molar-refractivity contribution >= 4 is 17.8 Å². The second-order valence-electron chi connectivity index (χ2n) is 8.13. The van der Waals surface area contributed by atoms with Gasteiger partial charge in [0.2, 0.25) is 0 Å². The Morgan fingerprint density at radius 3 is 2.72 bits per heavy atom. The van der Waals surface area contributed by atoms with Gasteiger partial charge in [0.25, 0.3) is 0 Å². The molecule has 134 valence electrons. The highest BCUT2D eigenvalue weighted by Gasteiger charge is 2.55. The molecule has 2 amide bonds. The summed E-state index contributed by atoms with van der Waals surface area (Å²) in [4.78, 5) is 26.1. The van der Waals surface area contributed by atoms with Gasteiger partial charge < -0.3 is 14.6 Å². The van der Waals surface area contributed by atoms with E-state index in [1.165, 1.54) is 0 Å². The number of rotatable bonds is 2. The third-order valence-corrected chi connectivity index (χ3v) is 5.49. The van der Waals surface area contributed by atoms with Crippen molar-refractivity contribution in [2.24, 2.45) is 11.3 Å². The van der Waals surface area contributed by atoms with Crippen molar-refractivity contribution in [3.63, 3.8) is 0 Å². The number of hydrogen-bond donors (Lipinski definition) is 2. The summed E-state index contributed by atoms with van der Waals surface area (Å²) in [7, 11) is 0. The van der Waals surface area contributed by atoms with E-state index in [-0.39, 0.29) is 24.0 Å². The normalized spacial score (nSPS) is 25.5. The molecule has 1 aromatic heterocycles. The van der Waals surface area contributed by atoms with E-state index in [0.29, 0.717) is 24.3 Å². The molecule has 1 saturated carbocycles. The van der Waals surface area contributed by atoms with E-state index in [1.807, 2.05) is 25.3 Å². The lowest BCUT2D eigenvalue weighted by Crippen LogP contribution is -2.39. The molecule has 1 saturated heterocycles. The minimum absolute atomic E-state index is 0.0276. The van der Waals surface area contributed by atoms with E-state index >= 15 is 0 Å². The average molecular weight is 344 g/mol. The SMILES string of the molecule is CC(C)(C)n1cc(C#N)cc1NC(=O)N1C[C@@H]2CCC[C@@]2(C(=O)O)C1. The second-order valence-corrected chi connectivity index (χ2v) is 8.13. The van der Waals surface area contributed by atoms with Crippen molar-refractivity contribution in [1.82, 2.24) is 9.47 Å². The van der Waals surface area contributed by atoms with Gasteiger partial charge in [0.05, 0.1) is 11.0 Å². The van der Waals surface area contributed by atoms with Crippen LogP contribution in [0.25, 0.3) is 0 Å². The first-order chi connectivity index (χ1) is 11.7. The molecule has 0 unspecified atom stereocenters. The van der Waals surface area contributed by atoms with Gasteiger partial charge >= 0.3 is 12.0 Å². The number of carbonyl (C=O) groups is 2. The van der Waals surface area contributed by atoms with Crippen molar-refractivity contribution in [2.75, 3.05) is 18.4 Å². The molecule has 2 fully saturated rings. The van der Waals surface area contributed by atoms with Gasteiger partial charge in [0, 0.05) is 24.8 Å². The standard InChI is InChI=1S/C18H24N4O3/c1-17(2,3)22-9-12(8-19)7-14(22)20-16(25)21-10-13-5-4-6-18(13,11-21)15(23)24/h7,9,13H,4-6,10-11H2,1-3H3,(H,20,25)(H,23,24)/t13-,18+/m0/s1. The zero-order chi connectivity index (χ0) is 18.4. The minimum atomic E-state index is -0.796. The van der Waals surface area contributed by atoms with Gasteiger partial charge in [0.1, 0.15) is 11.9 Å². The van der Waals surface area contributed by atoms with Gasteiger partial charge in [-0.2, -0.15) is 5.26 Å². The maximum Gasteiger partial charge on any atom is 0.323 e. The molecule has 0 aromatic carbocycles. The molecule has 2 aliphatic rings. The van der Waals surface area contributed by atoms with E-state index in [9.17, 15) is 14.7 Å². The molecule has 7 heteroatoms. The molecule has 1 aliphatic carbocycles. The Morgan fingerprint density at radius 1 is 1.44 bits per heavy atom. The number of hydrogen-bond acceptors (Lipinski definition) is 3. The highest BCUT2D eigenvalue weighted by atomic mass is 16.4. The van der Waals surface area contributed by atoms with E-state index in [4.69, 9.17) is 5.26 Å². The first-order valence-electron chi connectivity index (χ1n) is 8.60. The van der Waals surface area contributed by atoms with E-state index < -0.39 is 11.4 Å². The van der Waals surface area contributed by atoms with Crippen LogP contribution in [0.1, 0.15) is 45.6 Å². The fourth-order valence-corrected chi connectivity index (χ4v) is 4.16. The van der Waals surface area contributed by atoms with Crippen LogP contribution < -0.4 is 5.32 Å². The largest absolute Gasteiger partial charge is 0.481 e. The summed E-state index contributed by atoms with van der Waals surface area (Å²) < 4.78 is 1.85. The predicted octanol–water partition coefficient (Wildman–Crippen LogP) is 2.83. The number of carbonyl (C=O) groups excluding carboxylic acids is 1. The highest BCUT2D eigenvalue weighted by molar-refractivity contribution is 5.90. The lowest BCUT2D eigenvalue weighted by Gasteiger charge is -2.26. The number of nitrogens with one attached hydrogen (secondary N) is 1. The zero-order valence-electron chi connectivity index (χ0n) is 14.9. The average Bonchev–Trinajstić information content (AvgIpc) is 3.17. The molecular weight excluding hydrogens is 320 g/mol. The number of likely N-dealkylation sites (tertiary alicyclic amines) is 1. The summed E-state index contributed by atoms with van der Waals surface area (Å²) in [6.45, 7) is 6.69. The van der Waals surface area contributed by atoms with Crippen LogP contribution in [-0.4, -0.2) is 39.7 Å². The summed E-state index contributed by atoms with van der Waals surface area (Å²) >= 11 is 0. The summed E-state index contributed by atoms with van der Waals surface area (Å²) in [5.74, 6) is -0.217. The lowest BCUT2D eigenvalue weighted by molar-refractivity contribution is -0.149. The van der Waals surface area contributed by atoms with Crippen molar-refractivity contribution in [3.05, 3.63) is 17.8 Å². The second kappa shape index (κ2) is 5.80. The maximum atomic E-state index is 12.7. The molecule has 25 heavy (non-hydrogen) atoms. The third kappa shape index (κ3) is 2.86. The van der Waals surface area contributed by atoms with Gasteiger partial charge in [-0.25, -0.2) is 4.79 Å². The Labute approximate surface area is 147 Å². The molecule has 0 radical (unpaired) electrons. The number of aliphatic carboxylic acids is 1. The number of fused-ring (bicyclic) bond motifs is 1. The minimum Gasteiger partial charge on any atom is -0.481 e. The van der Waals surface area contributed by atoms with Crippen LogP contribution in [-0.2, 0) is 10.3 Å². The number of carboxylic acid groups (broad SMARTS) is 1. The Hall–Kier alpha value is -2.49. The van der Waals surface area contributed by atoms with Crippen molar-refractivity contribution in [1.29, 1.82) is 5.26 Å². The predicted molar refractivity (Wildman–Crippen MR) is 92.1 cm³/mol. The number of nitrogens with zero attached hydrogens (tertiary/aromatic N) is 3. The first kappa shape index (κ1) is 17.3. The van der Waals surface area contributed by atoms with Crippen molar-refractivity contribution in [2.45, 2.75) is 45.6 Å². The number of aromatic nitrogens is 1. The van der Waals surface area contributed by atoms with E-state index in [2.05, 4.69) is 11.4 Å². The molecule has 2 N–H and O–H groups in total. The van der Waals surface area contributed by atoms with Crippen LogP contribution in [0.3, 0.4) is 0 Å². The van der Waals surface area contributed by atoms with Gasteiger partial charge in [-0.15, -0.1) is 0 Å². The monoisotopic (exact) mass is 344 g/mol. The first-order valence-corrected chi connectivity index (χ1v) is 8.60. The molecule has 0 spiro atoms. The summed E-state index contributed by atoms with van der Waals surface area (Å²) in [5, 5.41) is 21.7. The van der Waals surface area contributed by atoms with Crippen LogP contribution in [0.5, 0.6) is 0 Å². The third-order valence-electron chi connectivity index (χ3n) is 5.49. The van der Waals surface area contributed by atoms with Crippen molar-refractivity contribution < 1.29 is 14.7 Å². The Kier molecular flexibility index (Phi) is 4.02. The van der Waals surface area contributed by atoms with Crippen LogP contribution in [0.2, 0.25) is 0 Å². The van der Waals surface area contributed by atoms with E-state index in [1.54, 1.807) is 17.2 Å².